The molecule has 2 N–H and O–H groups in total. The third kappa shape index (κ3) is 5.49. The first-order valence-corrected chi connectivity index (χ1v) is 6.04. The second kappa shape index (κ2) is 7.06. The lowest BCUT2D eigenvalue weighted by atomic mass is 10.3. The van der Waals surface area contributed by atoms with Gasteiger partial charge in [-0.05, 0) is 40.4 Å². The Morgan fingerprint density at radius 2 is 1.88 bits per heavy atom. The van der Waals surface area contributed by atoms with Crippen LogP contribution in [0.1, 0.15) is 18.7 Å². The second-order valence-corrected chi connectivity index (χ2v) is 4.37. The van der Waals surface area contributed by atoms with Crippen LogP contribution in [0.5, 0.6) is 0 Å². The van der Waals surface area contributed by atoms with Crippen LogP contribution in [0.2, 0.25) is 0 Å². The fourth-order valence-corrected chi connectivity index (χ4v) is 1.56. The maximum Gasteiger partial charge on any atom is 0.131 e. The molecule has 0 aliphatic carbocycles. The molecule has 0 bridgehead atoms. The summed E-state index contributed by atoms with van der Waals surface area (Å²) >= 11 is 0. The summed E-state index contributed by atoms with van der Waals surface area (Å²) in [7, 11) is 6.06. The SMILES string of the molecule is CNc1cc(NCCCCN(C)C)nc(C)n1. The Morgan fingerprint density at radius 1 is 1.18 bits per heavy atom. The Morgan fingerprint density at radius 3 is 2.53 bits per heavy atom. The number of hydrogen-bond acceptors (Lipinski definition) is 5. The monoisotopic (exact) mass is 237 g/mol. The van der Waals surface area contributed by atoms with E-state index in [0.29, 0.717) is 0 Å². The summed E-state index contributed by atoms with van der Waals surface area (Å²) in [6, 6.07) is 1.93. The highest BCUT2D eigenvalue weighted by Gasteiger charge is 1.99. The molecule has 1 rings (SSSR count). The molecule has 96 valence electrons. The summed E-state index contributed by atoms with van der Waals surface area (Å²) in [5.74, 6) is 2.53. The summed E-state index contributed by atoms with van der Waals surface area (Å²) < 4.78 is 0. The van der Waals surface area contributed by atoms with Crippen LogP contribution in [0.4, 0.5) is 11.6 Å². The fourth-order valence-electron chi connectivity index (χ4n) is 1.56. The first-order chi connectivity index (χ1) is 8.11. The zero-order valence-electron chi connectivity index (χ0n) is 11.2. The first-order valence-electron chi connectivity index (χ1n) is 6.04. The van der Waals surface area contributed by atoms with E-state index in [-0.39, 0.29) is 0 Å². The summed E-state index contributed by atoms with van der Waals surface area (Å²) in [5.41, 5.74) is 0. The zero-order valence-corrected chi connectivity index (χ0v) is 11.2. The van der Waals surface area contributed by atoms with E-state index in [9.17, 15) is 0 Å². The first kappa shape index (κ1) is 13.7. The molecule has 5 heteroatoms. The normalized spacial score (nSPS) is 10.6. The molecule has 0 atom stereocenters. The summed E-state index contributed by atoms with van der Waals surface area (Å²) in [4.78, 5) is 10.8. The van der Waals surface area contributed by atoms with Crippen LogP contribution >= 0.6 is 0 Å². The third-order valence-corrected chi connectivity index (χ3v) is 2.43. The van der Waals surface area contributed by atoms with Crippen molar-refractivity contribution in [2.24, 2.45) is 0 Å². The van der Waals surface area contributed by atoms with Crippen molar-refractivity contribution in [2.75, 3.05) is 44.9 Å². The average Bonchev–Trinajstić information content (AvgIpc) is 2.27. The van der Waals surface area contributed by atoms with E-state index in [2.05, 4.69) is 39.6 Å². The van der Waals surface area contributed by atoms with Crippen LogP contribution in [-0.4, -0.2) is 49.1 Å². The minimum absolute atomic E-state index is 0.785. The lowest BCUT2D eigenvalue weighted by Crippen LogP contribution is -2.14. The average molecular weight is 237 g/mol. The molecular formula is C12H23N5. The largest absolute Gasteiger partial charge is 0.373 e. The van der Waals surface area contributed by atoms with Crippen LogP contribution in [0.25, 0.3) is 0 Å². The van der Waals surface area contributed by atoms with Gasteiger partial charge in [0.25, 0.3) is 0 Å². The number of nitrogens with one attached hydrogen (secondary N) is 2. The lowest BCUT2D eigenvalue weighted by molar-refractivity contribution is 0.396. The van der Waals surface area contributed by atoms with E-state index in [1.165, 1.54) is 6.42 Å². The smallest absolute Gasteiger partial charge is 0.131 e. The van der Waals surface area contributed by atoms with Crippen molar-refractivity contribution >= 4 is 11.6 Å². The predicted molar refractivity (Wildman–Crippen MR) is 72.6 cm³/mol. The Labute approximate surface area is 104 Å². The van der Waals surface area contributed by atoms with Crippen molar-refractivity contribution in [3.8, 4) is 0 Å². The molecule has 0 aromatic carbocycles. The maximum absolute atomic E-state index is 4.34. The van der Waals surface area contributed by atoms with Gasteiger partial charge in [0, 0.05) is 19.7 Å². The van der Waals surface area contributed by atoms with Crippen molar-refractivity contribution in [2.45, 2.75) is 19.8 Å². The number of unbranched alkanes of at least 4 members (excludes halogenated alkanes) is 1. The molecule has 0 radical (unpaired) electrons. The van der Waals surface area contributed by atoms with Gasteiger partial charge in [0.15, 0.2) is 0 Å². The minimum atomic E-state index is 0.785. The van der Waals surface area contributed by atoms with Crippen LogP contribution in [0.15, 0.2) is 6.07 Å². The van der Waals surface area contributed by atoms with Crippen molar-refractivity contribution in [1.82, 2.24) is 14.9 Å². The Kier molecular flexibility index (Phi) is 5.69. The molecule has 0 aliphatic rings. The highest BCUT2D eigenvalue weighted by Crippen LogP contribution is 2.10. The molecule has 17 heavy (non-hydrogen) atoms. The summed E-state index contributed by atoms with van der Waals surface area (Å²) in [6.07, 6.45) is 2.35. The Hall–Kier alpha value is -1.36. The number of anilines is 2. The Bertz CT molecular complexity index is 338. The number of rotatable bonds is 7. The van der Waals surface area contributed by atoms with E-state index in [0.717, 1.165) is 37.0 Å². The maximum atomic E-state index is 4.34. The molecule has 0 saturated carbocycles. The molecule has 1 aromatic rings. The highest BCUT2D eigenvalue weighted by molar-refractivity contribution is 5.46. The predicted octanol–water partition coefficient (Wildman–Crippen LogP) is 1.58. The van der Waals surface area contributed by atoms with Gasteiger partial charge in [-0.25, -0.2) is 9.97 Å². The molecule has 0 saturated heterocycles. The second-order valence-electron chi connectivity index (χ2n) is 4.37. The summed E-state index contributed by atoms with van der Waals surface area (Å²) in [6.45, 7) is 3.98. The lowest BCUT2D eigenvalue weighted by Gasteiger charge is -2.10. The van der Waals surface area contributed by atoms with Crippen molar-refractivity contribution in [1.29, 1.82) is 0 Å². The molecular weight excluding hydrogens is 214 g/mol. The Balaban J connectivity index is 2.33. The van der Waals surface area contributed by atoms with Gasteiger partial charge < -0.3 is 15.5 Å². The molecule has 5 nitrogen and oxygen atoms in total. The van der Waals surface area contributed by atoms with E-state index < -0.39 is 0 Å². The number of aromatic nitrogens is 2. The number of nitrogens with zero attached hydrogens (tertiary/aromatic N) is 3. The standard InChI is InChI=1S/C12H23N5/c1-10-15-11(13-2)9-12(16-10)14-7-5-6-8-17(3)4/h9H,5-8H2,1-4H3,(H2,13,14,15,16). The van der Waals surface area contributed by atoms with Gasteiger partial charge in [-0.3, -0.25) is 0 Å². The van der Waals surface area contributed by atoms with Gasteiger partial charge in [0.2, 0.25) is 0 Å². The van der Waals surface area contributed by atoms with Crippen molar-refractivity contribution in [3.63, 3.8) is 0 Å². The van der Waals surface area contributed by atoms with E-state index in [4.69, 9.17) is 0 Å². The third-order valence-electron chi connectivity index (χ3n) is 2.43. The molecule has 0 aliphatic heterocycles. The number of hydrogen-bond donors (Lipinski definition) is 2. The van der Waals surface area contributed by atoms with Crippen LogP contribution < -0.4 is 10.6 Å². The van der Waals surface area contributed by atoms with Gasteiger partial charge >= 0.3 is 0 Å². The van der Waals surface area contributed by atoms with Gasteiger partial charge in [0.1, 0.15) is 17.5 Å². The zero-order chi connectivity index (χ0) is 12.7. The van der Waals surface area contributed by atoms with Gasteiger partial charge in [-0.15, -0.1) is 0 Å². The van der Waals surface area contributed by atoms with Gasteiger partial charge in [0.05, 0.1) is 0 Å². The molecule has 0 fully saturated rings. The van der Waals surface area contributed by atoms with Gasteiger partial charge in [-0.2, -0.15) is 0 Å². The molecule has 1 heterocycles. The minimum Gasteiger partial charge on any atom is -0.373 e. The molecule has 0 amide bonds. The van der Waals surface area contributed by atoms with E-state index in [1.54, 1.807) is 0 Å². The van der Waals surface area contributed by atoms with Crippen LogP contribution in [-0.2, 0) is 0 Å². The van der Waals surface area contributed by atoms with Gasteiger partial charge in [-0.1, -0.05) is 0 Å². The van der Waals surface area contributed by atoms with Crippen LogP contribution in [0.3, 0.4) is 0 Å². The van der Waals surface area contributed by atoms with E-state index in [1.807, 2.05) is 20.0 Å². The summed E-state index contributed by atoms with van der Waals surface area (Å²) in [5, 5.41) is 6.35. The molecule has 0 unspecified atom stereocenters. The highest BCUT2D eigenvalue weighted by atomic mass is 15.1. The topological polar surface area (TPSA) is 53.1 Å². The number of aryl methyl sites for hydroxylation is 1. The van der Waals surface area contributed by atoms with Crippen LogP contribution in [0, 0.1) is 6.92 Å². The molecule has 1 aromatic heterocycles. The van der Waals surface area contributed by atoms with Crippen molar-refractivity contribution < 1.29 is 0 Å². The van der Waals surface area contributed by atoms with Crippen molar-refractivity contribution in [3.05, 3.63) is 11.9 Å². The fraction of sp³-hybridized carbons (Fsp3) is 0.667. The molecule has 0 spiro atoms. The van der Waals surface area contributed by atoms with E-state index >= 15 is 0 Å². The quantitative estimate of drug-likeness (QED) is 0.705.